The third-order valence-electron chi connectivity index (χ3n) is 3.47. The summed E-state index contributed by atoms with van der Waals surface area (Å²) in [5.74, 6) is 0. The zero-order valence-electron chi connectivity index (χ0n) is 9.62. The minimum Gasteiger partial charge on any atom is -0.0619 e. The molecule has 0 heteroatoms. The normalized spacial score (nSPS) is 16.4. The molecule has 0 spiro atoms. The summed E-state index contributed by atoms with van der Waals surface area (Å²) in [6, 6.07) is 17.1. The summed E-state index contributed by atoms with van der Waals surface area (Å²) in [5.41, 5.74) is 5.28. The highest BCUT2D eigenvalue weighted by Crippen LogP contribution is 2.41. The summed E-state index contributed by atoms with van der Waals surface area (Å²) >= 11 is 0. The monoisotopic (exact) mass is 206 g/mol. The van der Waals surface area contributed by atoms with Crippen LogP contribution in [0, 0.1) is 6.42 Å². The van der Waals surface area contributed by atoms with Gasteiger partial charge in [0.15, 0.2) is 0 Å². The van der Waals surface area contributed by atoms with Crippen molar-refractivity contribution in [2.75, 3.05) is 0 Å². The van der Waals surface area contributed by atoms with Crippen molar-refractivity contribution in [1.29, 1.82) is 0 Å². The molecule has 0 amide bonds. The molecule has 0 heterocycles. The largest absolute Gasteiger partial charge is 0.0619 e. The van der Waals surface area contributed by atoms with Gasteiger partial charge in [-0.2, -0.15) is 0 Å². The molecular formula is C16H14. The van der Waals surface area contributed by atoms with E-state index in [1.807, 2.05) is 0 Å². The van der Waals surface area contributed by atoms with Gasteiger partial charge in [0, 0.05) is 5.41 Å². The second-order valence-electron chi connectivity index (χ2n) is 4.84. The predicted octanol–water partition coefficient (Wildman–Crippen LogP) is 3.80. The standard InChI is InChI=1S/C16H14/c1-16(2)14-9-5-3-7-12(14)11-13-8-4-6-10-15(13)16/h3-10H,1-2H3. The lowest BCUT2D eigenvalue weighted by Crippen LogP contribution is -2.26. The van der Waals surface area contributed by atoms with Crippen LogP contribution >= 0.6 is 0 Å². The highest BCUT2D eigenvalue weighted by molar-refractivity contribution is 5.58. The van der Waals surface area contributed by atoms with Gasteiger partial charge in [0.05, 0.1) is 6.42 Å². The summed E-state index contributed by atoms with van der Waals surface area (Å²) in [4.78, 5) is 0. The van der Waals surface area contributed by atoms with Crippen molar-refractivity contribution in [3.05, 3.63) is 77.2 Å². The Hall–Kier alpha value is -1.56. The second kappa shape index (κ2) is 3.21. The van der Waals surface area contributed by atoms with E-state index in [-0.39, 0.29) is 5.41 Å². The molecule has 1 aliphatic rings. The molecule has 0 nitrogen and oxygen atoms in total. The molecule has 2 radical (unpaired) electrons. The molecule has 0 N–H and O–H groups in total. The minimum absolute atomic E-state index is 0.0818. The van der Waals surface area contributed by atoms with Crippen LogP contribution in [-0.4, -0.2) is 0 Å². The first-order chi connectivity index (χ1) is 7.69. The van der Waals surface area contributed by atoms with E-state index < -0.39 is 0 Å². The SMILES string of the molecule is CC1(C)c2ccccc2[C]c2ccccc21. The average Bonchev–Trinajstić information content (AvgIpc) is 2.29. The van der Waals surface area contributed by atoms with Crippen LogP contribution in [0.3, 0.4) is 0 Å². The molecule has 3 rings (SSSR count). The zero-order valence-corrected chi connectivity index (χ0v) is 9.62. The first-order valence-electron chi connectivity index (χ1n) is 5.65. The zero-order chi connectivity index (χ0) is 11.2. The van der Waals surface area contributed by atoms with Gasteiger partial charge in [-0.25, -0.2) is 0 Å². The second-order valence-corrected chi connectivity index (χ2v) is 4.84. The molecule has 0 unspecified atom stereocenters. The summed E-state index contributed by atoms with van der Waals surface area (Å²) in [7, 11) is 0. The number of rotatable bonds is 0. The Bertz CT molecular complexity index is 488. The lowest BCUT2D eigenvalue weighted by molar-refractivity contribution is 0.624. The Labute approximate surface area is 96.9 Å². The van der Waals surface area contributed by atoms with Crippen molar-refractivity contribution in [1.82, 2.24) is 0 Å². The molecule has 1 aliphatic carbocycles. The quantitative estimate of drug-likeness (QED) is 0.615. The molecule has 0 saturated carbocycles. The first kappa shape index (κ1) is 9.65. The molecule has 16 heavy (non-hydrogen) atoms. The lowest BCUT2D eigenvalue weighted by Gasteiger charge is -2.34. The van der Waals surface area contributed by atoms with Gasteiger partial charge in [-0.05, 0) is 22.3 Å². The van der Waals surface area contributed by atoms with Crippen molar-refractivity contribution in [2.24, 2.45) is 0 Å². The summed E-state index contributed by atoms with van der Waals surface area (Å²) in [6.45, 7) is 4.57. The molecule has 0 fully saturated rings. The van der Waals surface area contributed by atoms with Gasteiger partial charge < -0.3 is 0 Å². The Balaban J connectivity index is 2.28. The molecule has 2 aromatic rings. The molecule has 78 valence electrons. The van der Waals surface area contributed by atoms with Crippen LogP contribution in [0.5, 0.6) is 0 Å². The predicted molar refractivity (Wildman–Crippen MR) is 66.5 cm³/mol. The van der Waals surface area contributed by atoms with Gasteiger partial charge in [0.25, 0.3) is 0 Å². The Kier molecular flexibility index (Phi) is 1.94. The summed E-state index contributed by atoms with van der Waals surface area (Å²) in [6.07, 6.45) is 3.50. The third-order valence-corrected chi connectivity index (χ3v) is 3.47. The Morgan fingerprint density at radius 1 is 0.750 bits per heavy atom. The number of hydrogen-bond donors (Lipinski definition) is 0. The molecule has 0 saturated heterocycles. The highest BCUT2D eigenvalue weighted by atomic mass is 14.3. The fourth-order valence-electron chi connectivity index (χ4n) is 2.56. The van der Waals surface area contributed by atoms with Crippen LogP contribution in [0.1, 0.15) is 36.1 Å². The van der Waals surface area contributed by atoms with Crippen LogP contribution < -0.4 is 0 Å². The third kappa shape index (κ3) is 1.23. The number of fused-ring (bicyclic) bond motifs is 2. The van der Waals surface area contributed by atoms with Gasteiger partial charge >= 0.3 is 0 Å². The molecular weight excluding hydrogens is 192 g/mol. The summed E-state index contributed by atoms with van der Waals surface area (Å²) in [5, 5.41) is 0. The minimum atomic E-state index is 0.0818. The maximum absolute atomic E-state index is 3.50. The fraction of sp³-hybridized carbons (Fsp3) is 0.188. The topological polar surface area (TPSA) is 0 Å². The summed E-state index contributed by atoms with van der Waals surface area (Å²) < 4.78 is 0. The lowest BCUT2D eigenvalue weighted by atomic mass is 9.69. The van der Waals surface area contributed by atoms with Gasteiger partial charge in [-0.3, -0.25) is 0 Å². The van der Waals surface area contributed by atoms with Gasteiger partial charge in [-0.1, -0.05) is 62.4 Å². The van der Waals surface area contributed by atoms with Crippen molar-refractivity contribution < 1.29 is 0 Å². The highest BCUT2D eigenvalue weighted by Gasteiger charge is 2.31. The van der Waals surface area contributed by atoms with Crippen LogP contribution in [0.4, 0.5) is 0 Å². The van der Waals surface area contributed by atoms with Crippen LogP contribution in [0.25, 0.3) is 0 Å². The average molecular weight is 206 g/mol. The van der Waals surface area contributed by atoms with E-state index in [1.165, 1.54) is 22.3 Å². The van der Waals surface area contributed by atoms with Crippen molar-refractivity contribution in [3.63, 3.8) is 0 Å². The number of hydrogen-bond acceptors (Lipinski definition) is 0. The van der Waals surface area contributed by atoms with Gasteiger partial charge in [-0.15, -0.1) is 0 Å². The van der Waals surface area contributed by atoms with Crippen LogP contribution in [0.2, 0.25) is 0 Å². The Morgan fingerprint density at radius 3 is 1.69 bits per heavy atom. The van der Waals surface area contributed by atoms with E-state index in [0.717, 1.165) is 0 Å². The van der Waals surface area contributed by atoms with E-state index >= 15 is 0 Å². The van der Waals surface area contributed by atoms with Crippen LogP contribution in [-0.2, 0) is 5.41 Å². The van der Waals surface area contributed by atoms with Crippen LogP contribution in [0.15, 0.2) is 48.5 Å². The molecule has 0 aliphatic heterocycles. The van der Waals surface area contributed by atoms with E-state index in [0.29, 0.717) is 0 Å². The number of benzene rings is 2. The van der Waals surface area contributed by atoms with E-state index in [1.54, 1.807) is 0 Å². The van der Waals surface area contributed by atoms with E-state index in [2.05, 4.69) is 68.8 Å². The maximum atomic E-state index is 3.50. The molecule has 0 bridgehead atoms. The van der Waals surface area contributed by atoms with E-state index in [9.17, 15) is 0 Å². The Morgan fingerprint density at radius 2 is 1.19 bits per heavy atom. The van der Waals surface area contributed by atoms with Crippen molar-refractivity contribution >= 4 is 0 Å². The van der Waals surface area contributed by atoms with Gasteiger partial charge in [0.1, 0.15) is 0 Å². The fourth-order valence-corrected chi connectivity index (χ4v) is 2.56. The maximum Gasteiger partial charge on any atom is 0.0508 e. The first-order valence-corrected chi connectivity index (χ1v) is 5.65. The molecule has 0 aromatic heterocycles. The van der Waals surface area contributed by atoms with Crippen molar-refractivity contribution in [2.45, 2.75) is 19.3 Å². The molecule has 0 atom stereocenters. The van der Waals surface area contributed by atoms with Gasteiger partial charge in [0.2, 0.25) is 0 Å². The van der Waals surface area contributed by atoms with E-state index in [4.69, 9.17) is 0 Å². The smallest absolute Gasteiger partial charge is 0.0508 e. The van der Waals surface area contributed by atoms with Crippen molar-refractivity contribution in [3.8, 4) is 0 Å². The molecule has 2 aromatic carbocycles.